The summed E-state index contributed by atoms with van der Waals surface area (Å²) in [4.78, 5) is 14.1. The SMILES string of the molecule is C=CC(NC(=O)N1CCCC1)c1ccc2ccccc2c1. The molecule has 1 N–H and O–H groups in total. The van der Waals surface area contributed by atoms with Crippen LogP contribution in [0.3, 0.4) is 0 Å². The third-order valence-corrected chi connectivity index (χ3v) is 4.04. The van der Waals surface area contributed by atoms with Crippen LogP contribution in [-0.2, 0) is 0 Å². The third kappa shape index (κ3) is 2.92. The summed E-state index contributed by atoms with van der Waals surface area (Å²) in [5, 5.41) is 5.44. The lowest BCUT2D eigenvalue weighted by Crippen LogP contribution is -2.39. The molecular weight excluding hydrogens is 260 g/mol. The van der Waals surface area contributed by atoms with Gasteiger partial charge < -0.3 is 10.2 Å². The Morgan fingerprint density at radius 1 is 1.14 bits per heavy atom. The number of urea groups is 1. The Bertz CT molecular complexity index is 659. The van der Waals surface area contributed by atoms with Crippen LogP contribution in [-0.4, -0.2) is 24.0 Å². The fourth-order valence-corrected chi connectivity index (χ4v) is 2.82. The van der Waals surface area contributed by atoms with E-state index in [9.17, 15) is 4.79 Å². The smallest absolute Gasteiger partial charge is 0.318 e. The molecule has 1 heterocycles. The Balaban J connectivity index is 1.80. The maximum Gasteiger partial charge on any atom is 0.318 e. The predicted molar refractivity (Wildman–Crippen MR) is 86.2 cm³/mol. The summed E-state index contributed by atoms with van der Waals surface area (Å²) < 4.78 is 0. The van der Waals surface area contributed by atoms with Gasteiger partial charge in [0.1, 0.15) is 0 Å². The van der Waals surface area contributed by atoms with Gasteiger partial charge in [0.15, 0.2) is 0 Å². The van der Waals surface area contributed by atoms with Gasteiger partial charge in [-0.3, -0.25) is 0 Å². The monoisotopic (exact) mass is 280 g/mol. The van der Waals surface area contributed by atoms with Crippen molar-refractivity contribution in [3.8, 4) is 0 Å². The summed E-state index contributed by atoms with van der Waals surface area (Å²) in [6, 6.07) is 14.3. The van der Waals surface area contributed by atoms with Crippen molar-refractivity contribution in [3.05, 3.63) is 60.7 Å². The fourth-order valence-electron chi connectivity index (χ4n) is 2.82. The first-order chi connectivity index (χ1) is 10.3. The minimum absolute atomic E-state index is 0.00515. The fraction of sp³-hybridized carbons (Fsp3) is 0.278. The normalized spacial score (nSPS) is 15.9. The number of carbonyl (C=O) groups is 1. The highest BCUT2D eigenvalue weighted by Gasteiger charge is 2.20. The molecule has 0 aliphatic carbocycles. The maximum absolute atomic E-state index is 12.2. The Hall–Kier alpha value is -2.29. The summed E-state index contributed by atoms with van der Waals surface area (Å²) in [5.41, 5.74) is 1.07. The van der Waals surface area contributed by atoms with E-state index in [1.54, 1.807) is 6.08 Å². The van der Waals surface area contributed by atoms with E-state index < -0.39 is 0 Å². The molecule has 1 atom stereocenters. The molecule has 2 aromatic carbocycles. The number of rotatable bonds is 3. The molecule has 0 bridgehead atoms. The van der Waals surface area contributed by atoms with E-state index in [0.717, 1.165) is 31.5 Å². The third-order valence-electron chi connectivity index (χ3n) is 4.04. The van der Waals surface area contributed by atoms with Gasteiger partial charge in [-0.25, -0.2) is 4.79 Å². The Kier molecular flexibility index (Phi) is 3.91. The van der Waals surface area contributed by atoms with Crippen LogP contribution in [0.15, 0.2) is 55.1 Å². The number of nitrogens with one attached hydrogen (secondary N) is 1. The van der Waals surface area contributed by atoms with E-state index >= 15 is 0 Å². The Morgan fingerprint density at radius 3 is 2.57 bits per heavy atom. The number of benzene rings is 2. The molecule has 1 saturated heterocycles. The van der Waals surface area contributed by atoms with Gasteiger partial charge in [-0.15, -0.1) is 6.58 Å². The summed E-state index contributed by atoms with van der Waals surface area (Å²) in [7, 11) is 0. The average Bonchev–Trinajstić information content (AvgIpc) is 3.06. The van der Waals surface area contributed by atoms with Crippen molar-refractivity contribution in [1.29, 1.82) is 0 Å². The second-order valence-corrected chi connectivity index (χ2v) is 5.46. The van der Waals surface area contributed by atoms with Crippen LogP contribution in [0.4, 0.5) is 4.79 Å². The molecule has 0 spiro atoms. The van der Waals surface area contributed by atoms with Gasteiger partial charge in [0.2, 0.25) is 0 Å². The predicted octanol–water partition coefficient (Wildman–Crippen LogP) is 3.87. The number of amides is 2. The van der Waals surface area contributed by atoms with Gasteiger partial charge >= 0.3 is 6.03 Å². The lowest BCUT2D eigenvalue weighted by molar-refractivity contribution is 0.206. The van der Waals surface area contributed by atoms with Crippen molar-refractivity contribution in [1.82, 2.24) is 10.2 Å². The van der Waals surface area contributed by atoms with Crippen LogP contribution in [0.25, 0.3) is 10.8 Å². The zero-order valence-corrected chi connectivity index (χ0v) is 12.1. The number of likely N-dealkylation sites (tertiary alicyclic amines) is 1. The molecule has 0 radical (unpaired) electrons. The molecule has 3 heteroatoms. The molecule has 1 aliphatic heterocycles. The number of hydrogen-bond acceptors (Lipinski definition) is 1. The zero-order chi connectivity index (χ0) is 14.7. The molecule has 1 aliphatic rings. The number of fused-ring (bicyclic) bond motifs is 1. The topological polar surface area (TPSA) is 32.3 Å². The number of nitrogens with zero attached hydrogens (tertiary/aromatic N) is 1. The van der Waals surface area contributed by atoms with Crippen molar-refractivity contribution in [3.63, 3.8) is 0 Å². The van der Waals surface area contributed by atoms with Crippen molar-refractivity contribution < 1.29 is 4.79 Å². The lowest BCUT2D eigenvalue weighted by atomic mass is 10.0. The van der Waals surface area contributed by atoms with E-state index in [4.69, 9.17) is 0 Å². The van der Waals surface area contributed by atoms with Gasteiger partial charge in [0.25, 0.3) is 0 Å². The molecule has 108 valence electrons. The van der Waals surface area contributed by atoms with E-state index in [2.05, 4.69) is 42.2 Å². The first-order valence-corrected chi connectivity index (χ1v) is 7.44. The van der Waals surface area contributed by atoms with Crippen LogP contribution >= 0.6 is 0 Å². The molecule has 3 nitrogen and oxygen atoms in total. The minimum Gasteiger partial charge on any atom is -0.328 e. The molecule has 2 aromatic rings. The summed E-state index contributed by atoms with van der Waals surface area (Å²) in [6.45, 7) is 5.57. The van der Waals surface area contributed by atoms with Crippen molar-refractivity contribution >= 4 is 16.8 Å². The van der Waals surface area contributed by atoms with E-state index in [1.165, 1.54) is 10.8 Å². The molecule has 1 unspecified atom stereocenters. The average molecular weight is 280 g/mol. The van der Waals surface area contributed by atoms with Gasteiger partial charge in [-0.1, -0.05) is 42.5 Å². The highest BCUT2D eigenvalue weighted by molar-refractivity contribution is 5.83. The first-order valence-electron chi connectivity index (χ1n) is 7.44. The van der Waals surface area contributed by atoms with Gasteiger partial charge in [-0.2, -0.15) is 0 Å². The number of hydrogen-bond donors (Lipinski definition) is 1. The quantitative estimate of drug-likeness (QED) is 0.850. The zero-order valence-electron chi connectivity index (χ0n) is 12.1. The van der Waals surface area contributed by atoms with Gasteiger partial charge in [-0.05, 0) is 35.2 Å². The van der Waals surface area contributed by atoms with E-state index in [1.807, 2.05) is 17.0 Å². The van der Waals surface area contributed by atoms with Gasteiger partial charge in [0.05, 0.1) is 6.04 Å². The molecule has 3 rings (SSSR count). The van der Waals surface area contributed by atoms with Crippen LogP contribution in [0.1, 0.15) is 24.4 Å². The van der Waals surface area contributed by atoms with Gasteiger partial charge in [0, 0.05) is 13.1 Å². The Morgan fingerprint density at radius 2 is 1.86 bits per heavy atom. The first kappa shape index (κ1) is 13.7. The molecule has 0 aromatic heterocycles. The van der Waals surface area contributed by atoms with E-state index in [-0.39, 0.29) is 12.1 Å². The van der Waals surface area contributed by atoms with Crippen LogP contribution in [0, 0.1) is 0 Å². The van der Waals surface area contributed by atoms with Crippen molar-refractivity contribution in [2.24, 2.45) is 0 Å². The largest absolute Gasteiger partial charge is 0.328 e. The number of carbonyl (C=O) groups excluding carboxylic acids is 1. The lowest BCUT2D eigenvalue weighted by Gasteiger charge is -2.21. The summed E-state index contributed by atoms with van der Waals surface area (Å²) in [6.07, 6.45) is 3.99. The van der Waals surface area contributed by atoms with E-state index in [0.29, 0.717) is 0 Å². The van der Waals surface area contributed by atoms with Crippen LogP contribution in [0.2, 0.25) is 0 Å². The van der Waals surface area contributed by atoms with Crippen LogP contribution < -0.4 is 5.32 Å². The highest BCUT2D eigenvalue weighted by atomic mass is 16.2. The second kappa shape index (κ2) is 6.00. The maximum atomic E-state index is 12.2. The van der Waals surface area contributed by atoms with Crippen molar-refractivity contribution in [2.75, 3.05) is 13.1 Å². The minimum atomic E-state index is -0.150. The summed E-state index contributed by atoms with van der Waals surface area (Å²) >= 11 is 0. The molecule has 1 fully saturated rings. The highest BCUT2D eigenvalue weighted by Crippen LogP contribution is 2.21. The summed E-state index contributed by atoms with van der Waals surface area (Å²) in [5.74, 6) is 0. The molecule has 2 amide bonds. The molecular formula is C18H20N2O. The Labute approximate surface area is 125 Å². The van der Waals surface area contributed by atoms with Crippen molar-refractivity contribution in [2.45, 2.75) is 18.9 Å². The molecule has 21 heavy (non-hydrogen) atoms. The van der Waals surface area contributed by atoms with Crippen LogP contribution in [0.5, 0.6) is 0 Å². The standard InChI is InChI=1S/C18H20N2O/c1-2-17(19-18(21)20-11-5-6-12-20)16-10-9-14-7-3-4-8-15(14)13-16/h2-4,7-10,13,17H,1,5-6,11-12H2,(H,19,21). The molecule has 0 saturated carbocycles. The second-order valence-electron chi connectivity index (χ2n) is 5.46.